The average Bonchev–Trinajstić information content (AvgIpc) is 2.35. The summed E-state index contributed by atoms with van der Waals surface area (Å²) in [6, 6.07) is 7.43. The molecule has 0 saturated heterocycles. The highest BCUT2D eigenvalue weighted by atomic mass is 19.1. The molecule has 0 bridgehead atoms. The first-order valence-electron chi connectivity index (χ1n) is 5.89. The molecule has 2 aromatic rings. The number of rotatable bonds is 3. The monoisotopic (exact) mass is 266 g/mol. The van der Waals surface area contributed by atoms with Crippen LogP contribution in [0, 0.1) is 17.5 Å². The van der Waals surface area contributed by atoms with E-state index in [1.54, 1.807) is 0 Å². The zero-order valence-corrected chi connectivity index (χ0v) is 10.6. The summed E-state index contributed by atoms with van der Waals surface area (Å²) < 4.78 is 45.4. The van der Waals surface area contributed by atoms with E-state index >= 15 is 0 Å². The molecule has 0 aliphatic rings. The second-order valence-electron chi connectivity index (χ2n) is 4.52. The number of hydrogen-bond donors (Lipinski definition) is 0. The van der Waals surface area contributed by atoms with Crippen molar-refractivity contribution in [3.8, 4) is 11.5 Å². The first-order valence-corrected chi connectivity index (χ1v) is 5.89. The van der Waals surface area contributed by atoms with Gasteiger partial charge in [0.25, 0.3) is 0 Å². The van der Waals surface area contributed by atoms with E-state index in [1.807, 2.05) is 13.8 Å². The molecule has 19 heavy (non-hydrogen) atoms. The van der Waals surface area contributed by atoms with Crippen LogP contribution < -0.4 is 4.74 Å². The summed E-state index contributed by atoms with van der Waals surface area (Å²) in [6.07, 6.45) is 0. The Labute approximate surface area is 109 Å². The van der Waals surface area contributed by atoms with Gasteiger partial charge in [-0.3, -0.25) is 0 Å². The zero-order valence-electron chi connectivity index (χ0n) is 10.6. The van der Waals surface area contributed by atoms with Gasteiger partial charge in [-0.25, -0.2) is 13.2 Å². The van der Waals surface area contributed by atoms with Crippen LogP contribution in [0.5, 0.6) is 11.5 Å². The molecule has 1 nitrogen and oxygen atoms in total. The summed E-state index contributed by atoms with van der Waals surface area (Å²) in [6.45, 7) is 3.68. The minimum atomic E-state index is -0.770. The standard InChI is InChI=1S/C15H13F3O/c1-9(2)10-7-13(17)15(14(18)8-10)19-12-5-3-11(16)4-6-12/h3-9H,1-2H3. The third kappa shape index (κ3) is 3.08. The van der Waals surface area contributed by atoms with E-state index in [0.717, 1.165) is 12.1 Å². The second-order valence-corrected chi connectivity index (χ2v) is 4.52. The molecule has 0 fully saturated rings. The Morgan fingerprint density at radius 2 is 1.42 bits per heavy atom. The lowest BCUT2D eigenvalue weighted by molar-refractivity contribution is 0.405. The first-order chi connectivity index (χ1) is 8.97. The lowest BCUT2D eigenvalue weighted by Gasteiger charge is -2.11. The summed E-state index contributed by atoms with van der Waals surface area (Å²) in [4.78, 5) is 0. The Morgan fingerprint density at radius 1 is 0.895 bits per heavy atom. The van der Waals surface area contributed by atoms with Crippen LogP contribution in [0.15, 0.2) is 36.4 Å². The molecule has 4 heteroatoms. The van der Waals surface area contributed by atoms with E-state index in [-0.39, 0.29) is 11.7 Å². The van der Waals surface area contributed by atoms with E-state index in [9.17, 15) is 13.2 Å². The normalized spacial score (nSPS) is 10.8. The molecule has 0 saturated carbocycles. The van der Waals surface area contributed by atoms with Crippen LogP contribution in [0.25, 0.3) is 0 Å². The molecular formula is C15H13F3O. The van der Waals surface area contributed by atoms with Crippen LogP contribution in [0.2, 0.25) is 0 Å². The molecular weight excluding hydrogens is 253 g/mol. The molecule has 2 rings (SSSR count). The van der Waals surface area contributed by atoms with Gasteiger partial charge in [-0.15, -0.1) is 0 Å². The lowest BCUT2D eigenvalue weighted by Crippen LogP contribution is -1.97. The number of ether oxygens (including phenoxy) is 1. The summed E-state index contributed by atoms with van der Waals surface area (Å²) >= 11 is 0. The fourth-order valence-corrected chi connectivity index (χ4v) is 1.63. The van der Waals surface area contributed by atoms with E-state index in [2.05, 4.69) is 0 Å². The molecule has 0 heterocycles. The van der Waals surface area contributed by atoms with Crippen LogP contribution in [-0.4, -0.2) is 0 Å². The SMILES string of the molecule is CC(C)c1cc(F)c(Oc2ccc(F)cc2)c(F)c1. The van der Waals surface area contributed by atoms with Gasteiger partial charge in [0, 0.05) is 0 Å². The predicted octanol–water partition coefficient (Wildman–Crippen LogP) is 5.02. The smallest absolute Gasteiger partial charge is 0.198 e. The van der Waals surface area contributed by atoms with Crippen molar-refractivity contribution in [1.29, 1.82) is 0 Å². The van der Waals surface area contributed by atoms with Gasteiger partial charge in [0.1, 0.15) is 11.6 Å². The van der Waals surface area contributed by atoms with Gasteiger partial charge in [-0.05, 0) is 47.9 Å². The van der Waals surface area contributed by atoms with Gasteiger partial charge in [-0.1, -0.05) is 13.8 Å². The molecule has 2 aromatic carbocycles. The Kier molecular flexibility index (Phi) is 3.79. The molecule has 100 valence electrons. The van der Waals surface area contributed by atoms with E-state index in [4.69, 9.17) is 4.74 Å². The highest BCUT2D eigenvalue weighted by Gasteiger charge is 2.15. The highest BCUT2D eigenvalue weighted by molar-refractivity contribution is 5.36. The number of halogens is 3. The Balaban J connectivity index is 2.32. The summed E-state index contributed by atoms with van der Waals surface area (Å²) in [7, 11) is 0. The summed E-state index contributed by atoms with van der Waals surface area (Å²) in [5, 5.41) is 0. The van der Waals surface area contributed by atoms with Crippen molar-refractivity contribution in [3.05, 3.63) is 59.4 Å². The van der Waals surface area contributed by atoms with Gasteiger partial charge in [0.2, 0.25) is 0 Å². The van der Waals surface area contributed by atoms with Crippen LogP contribution in [0.4, 0.5) is 13.2 Å². The summed E-state index contributed by atoms with van der Waals surface area (Å²) in [5.41, 5.74) is 0.557. The average molecular weight is 266 g/mol. The summed E-state index contributed by atoms with van der Waals surface area (Å²) in [5.74, 6) is -2.26. The van der Waals surface area contributed by atoms with Crippen molar-refractivity contribution >= 4 is 0 Å². The maximum Gasteiger partial charge on any atom is 0.198 e. The van der Waals surface area contributed by atoms with Gasteiger partial charge >= 0.3 is 0 Å². The van der Waals surface area contributed by atoms with Crippen molar-refractivity contribution < 1.29 is 17.9 Å². The topological polar surface area (TPSA) is 9.23 Å². The quantitative estimate of drug-likeness (QED) is 0.758. The van der Waals surface area contributed by atoms with Gasteiger partial charge < -0.3 is 4.74 Å². The third-order valence-electron chi connectivity index (χ3n) is 2.72. The molecule has 0 atom stereocenters. The van der Waals surface area contributed by atoms with Crippen LogP contribution in [0.1, 0.15) is 25.3 Å². The van der Waals surface area contributed by atoms with Crippen molar-refractivity contribution in [2.75, 3.05) is 0 Å². The van der Waals surface area contributed by atoms with E-state index in [0.29, 0.717) is 5.56 Å². The largest absolute Gasteiger partial charge is 0.451 e. The van der Waals surface area contributed by atoms with Crippen LogP contribution >= 0.6 is 0 Å². The zero-order chi connectivity index (χ0) is 14.0. The first kappa shape index (κ1) is 13.5. The molecule has 0 aromatic heterocycles. The van der Waals surface area contributed by atoms with Crippen LogP contribution in [0.3, 0.4) is 0 Å². The van der Waals surface area contributed by atoms with E-state index in [1.165, 1.54) is 24.3 Å². The highest BCUT2D eigenvalue weighted by Crippen LogP contribution is 2.30. The van der Waals surface area contributed by atoms with Gasteiger partial charge in [-0.2, -0.15) is 0 Å². The van der Waals surface area contributed by atoms with Gasteiger partial charge in [0.15, 0.2) is 17.4 Å². The number of benzene rings is 2. The Morgan fingerprint density at radius 3 is 1.89 bits per heavy atom. The molecule has 0 aliphatic carbocycles. The molecule has 0 aliphatic heterocycles. The Bertz CT molecular complexity index is 553. The molecule has 0 spiro atoms. The second kappa shape index (κ2) is 5.34. The van der Waals surface area contributed by atoms with Crippen molar-refractivity contribution in [3.63, 3.8) is 0 Å². The van der Waals surface area contributed by atoms with E-state index < -0.39 is 23.2 Å². The lowest BCUT2D eigenvalue weighted by atomic mass is 10.0. The maximum absolute atomic E-state index is 13.8. The maximum atomic E-state index is 13.8. The Hall–Kier alpha value is -1.97. The fraction of sp³-hybridized carbons (Fsp3) is 0.200. The minimum absolute atomic E-state index is 0.0175. The molecule has 0 amide bonds. The fourth-order valence-electron chi connectivity index (χ4n) is 1.63. The van der Waals surface area contributed by atoms with Crippen molar-refractivity contribution in [1.82, 2.24) is 0 Å². The molecule has 0 N–H and O–H groups in total. The predicted molar refractivity (Wildman–Crippen MR) is 66.9 cm³/mol. The van der Waals surface area contributed by atoms with Gasteiger partial charge in [0.05, 0.1) is 0 Å². The third-order valence-corrected chi connectivity index (χ3v) is 2.72. The number of hydrogen-bond acceptors (Lipinski definition) is 1. The van der Waals surface area contributed by atoms with Crippen molar-refractivity contribution in [2.24, 2.45) is 0 Å². The van der Waals surface area contributed by atoms with Crippen molar-refractivity contribution in [2.45, 2.75) is 19.8 Å². The molecule has 0 unspecified atom stereocenters. The van der Waals surface area contributed by atoms with Crippen LogP contribution in [-0.2, 0) is 0 Å². The minimum Gasteiger partial charge on any atom is -0.451 e. The molecule has 0 radical (unpaired) electrons.